The molecule has 3 aromatic rings. The number of hydrogen-bond acceptors (Lipinski definition) is 5. The molecule has 0 fully saturated rings. The first kappa shape index (κ1) is 19.6. The smallest absolute Gasteiger partial charge is 0.225 e. The predicted octanol–water partition coefficient (Wildman–Crippen LogP) is 5.16. The molecule has 29 heavy (non-hydrogen) atoms. The third kappa shape index (κ3) is 4.16. The Hall–Kier alpha value is -2.76. The van der Waals surface area contributed by atoms with Crippen molar-refractivity contribution in [2.24, 2.45) is 0 Å². The lowest BCUT2D eigenvalue weighted by Crippen LogP contribution is -2.18. The van der Waals surface area contributed by atoms with E-state index >= 15 is 0 Å². The van der Waals surface area contributed by atoms with Crippen LogP contribution in [0.2, 0.25) is 0 Å². The molecule has 0 radical (unpaired) electrons. The number of aryl methyl sites for hydroxylation is 1. The van der Waals surface area contributed by atoms with Gasteiger partial charge in [-0.25, -0.2) is 10.1 Å². The Morgan fingerprint density at radius 1 is 1.03 bits per heavy atom. The van der Waals surface area contributed by atoms with Crippen LogP contribution in [0.25, 0.3) is 22.5 Å². The van der Waals surface area contributed by atoms with Crippen molar-refractivity contribution < 1.29 is 4.74 Å². The molecule has 0 aliphatic heterocycles. The lowest BCUT2D eigenvalue weighted by atomic mass is 9.91. The van der Waals surface area contributed by atoms with E-state index in [1.165, 1.54) is 30.5 Å². The number of pyridine rings is 1. The summed E-state index contributed by atoms with van der Waals surface area (Å²) in [5.41, 5.74) is 5.69. The largest absolute Gasteiger partial charge is 0.474 e. The van der Waals surface area contributed by atoms with Crippen LogP contribution in [0.3, 0.4) is 0 Å². The normalized spacial score (nSPS) is 14.8. The Bertz CT molecular complexity index is 924. The molecule has 0 saturated carbocycles. The van der Waals surface area contributed by atoms with Crippen molar-refractivity contribution in [3.63, 3.8) is 0 Å². The topological polar surface area (TPSA) is 76.6 Å². The number of tetrazole rings is 1. The zero-order valence-electron chi connectivity index (χ0n) is 17.3. The van der Waals surface area contributed by atoms with Crippen LogP contribution in [-0.2, 0) is 12.8 Å². The van der Waals surface area contributed by atoms with Crippen LogP contribution in [0.1, 0.15) is 63.6 Å². The van der Waals surface area contributed by atoms with E-state index in [0.29, 0.717) is 11.7 Å². The van der Waals surface area contributed by atoms with Gasteiger partial charge in [-0.15, -0.1) is 5.10 Å². The number of aromatic amines is 1. The van der Waals surface area contributed by atoms with Crippen LogP contribution < -0.4 is 4.74 Å². The average molecular weight is 392 g/mol. The van der Waals surface area contributed by atoms with Crippen LogP contribution in [0, 0.1) is 0 Å². The zero-order valence-corrected chi connectivity index (χ0v) is 17.3. The minimum absolute atomic E-state index is 0.134. The van der Waals surface area contributed by atoms with E-state index in [9.17, 15) is 0 Å². The maximum atomic E-state index is 6.50. The van der Waals surface area contributed by atoms with Crippen LogP contribution in [-0.4, -0.2) is 31.7 Å². The van der Waals surface area contributed by atoms with Crippen molar-refractivity contribution in [3.05, 3.63) is 41.6 Å². The maximum absolute atomic E-state index is 6.50. The van der Waals surface area contributed by atoms with Gasteiger partial charge in [0.05, 0.1) is 5.56 Å². The number of benzene rings is 1. The van der Waals surface area contributed by atoms with E-state index in [1.807, 2.05) is 6.07 Å². The second kappa shape index (κ2) is 9.16. The fourth-order valence-electron chi connectivity index (χ4n) is 4.21. The Balaban J connectivity index is 1.96. The summed E-state index contributed by atoms with van der Waals surface area (Å²) < 4.78 is 6.50. The van der Waals surface area contributed by atoms with E-state index in [2.05, 4.69) is 58.7 Å². The van der Waals surface area contributed by atoms with Crippen molar-refractivity contribution in [1.82, 2.24) is 25.6 Å². The molecule has 1 atom stereocenters. The summed E-state index contributed by atoms with van der Waals surface area (Å²) in [7, 11) is 0. The minimum Gasteiger partial charge on any atom is -0.474 e. The third-order valence-electron chi connectivity index (χ3n) is 5.68. The van der Waals surface area contributed by atoms with E-state index in [-0.39, 0.29) is 6.10 Å². The standard InChI is InChI=1S/C23H29N5O/c1-3-11-17(4-2)29-23-21(22-25-27-28-26-22)20(16-12-7-5-8-13-16)18-14-9-6-10-15-19(18)24-23/h5,7-8,12-13,17H,3-4,6,9-11,14-15H2,1-2H3,(H,25,26,27,28)/t17-/m0/s1. The van der Waals surface area contributed by atoms with Crippen LogP contribution in [0.4, 0.5) is 0 Å². The first-order valence-electron chi connectivity index (χ1n) is 10.8. The predicted molar refractivity (Wildman–Crippen MR) is 114 cm³/mol. The number of ether oxygens (including phenoxy) is 1. The Kier molecular flexibility index (Phi) is 6.17. The molecule has 0 saturated heterocycles. The number of aromatic nitrogens is 5. The molecule has 0 spiro atoms. The van der Waals surface area contributed by atoms with E-state index in [4.69, 9.17) is 9.72 Å². The van der Waals surface area contributed by atoms with Crippen LogP contribution in [0.5, 0.6) is 5.88 Å². The first-order valence-corrected chi connectivity index (χ1v) is 10.8. The lowest BCUT2D eigenvalue weighted by Gasteiger charge is -2.23. The SMILES string of the molecule is CCC[C@H](CC)Oc1nc2c(c(-c3ccccc3)c1-c1nnn[nH]1)CCCCC2. The Morgan fingerprint density at radius 2 is 1.86 bits per heavy atom. The number of H-pyrrole nitrogens is 1. The number of nitrogens with zero attached hydrogens (tertiary/aromatic N) is 4. The van der Waals surface area contributed by atoms with Gasteiger partial charge in [0.15, 0.2) is 5.82 Å². The third-order valence-corrected chi connectivity index (χ3v) is 5.68. The molecule has 152 valence electrons. The van der Waals surface area contributed by atoms with Gasteiger partial charge in [0.1, 0.15) is 6.10 Å². The van der Waals surface area contributed by atoms with Gasteiger partial charge >= 0.3 is 0 Å². The highest BCUT2D eigenvalue weighted by Gasteiger charge is 2.27. The maximum Gasteiger partial charge on any atom is 0.225 e. The van der Waals surface area contributed by atoms with E-state index in [0.717, 1.165) is 48.8 Å². The summed E-state index contributed by atoms with van der Waals surface area (Å²) in [4.78, 5) is 5.05. The monoisotopic (exact) mass is 391 g/mol. The number of hydrogen-bond donors (Lipinski definition) is 1. The summed E-state index contributed by atoms with van der Waals surface area (Å²) in [5, 5.41) is 14.9. The molecular weight excluding hydrogens is 362 g/mol. The van der Waals surface area contributed by atoms with Crippen molar-refractivity contribution in [2.45, 2.75) is 71.3 Å². The molecule has 2 aromatic heterocycles. The van der Waals surface area contributed by atoms with Gasteiger partial charge in [-0.2, -0.15) is 0 Å². The molecule has 1 aliphatic carbocycles. The fraction of sp³-hybridized carbons (Fsp3) is 0.478. The van der Waals surface area contributed by atoms with Crippen molar-refractivity contribution in [2.75, 3.05) is 0 Å². The van der Waals surface area contributed by atoms with Crippen molar-refractivity contribution in [1.29, 1.82) is 0 Å². The summed E-state index contributed by atoms with van der Waals surface area (Å²) in [6.07, 6.45) is 8.75. The number of nitrogens with one attached hydrogen (secondary N) is 1. The highest BCUT2D eigenvalue weighted by atomic mass is 16.5. The highest BCUT2D eigenvalue weighted by Crippen LogP contribution is 2.42. The van der Waals surface area contributed by atoms with Crippen molar-refractivity contribution >= 4 is 0 Å². The molecule has 0 bridgehead atoms. The Labute approximate surface area is 172 Å². The fourth-order valence-corrected chi connectivity index (χ4v) is 4.21. The molecular formula is C23H29N5O. The van der Waals surface area contributed by atoms with Gasteiger partial charge in [0.2, 0.25) is 5.88 Å². The summed E-state index contributed by atoms with van der Waals surface area (Å²) in [6.45, 7) is 4.35. The molecule has 1 aromatic carbocycles. The average Bonchev–Trinajstić information content (AvgIpc) is 3.18. The van der Waals surface area contributed by atoms with E-state index < -0.39 is 0 Å². The van der Waals surface area contributed by atoms with Gasteiger partial charge in [-0.05, 0) is 60.1 Å². The van der Waals surface area contributed by atoms with Crippen LogP contribution >= 0.6 is 0 Å². The summed E-state index contributed by atoms with van der Waals surface area (Å²) in [6, 6.07) is 10.5. The molecule has 0 unspecified atom stereocenters. The van der Waals surface area contributed by atoms with Gasteiger partial charge in [0.25, 0.3) is 0 Å². The number of fused-ring (bicyclic) bond motifs is 1. The molecule has 1 aliphatic rings. The molecule has 2 heterocycles. The van der Waals surface area contributed by atoms with Gasteiger partial charge in [-0.3, -0.25) is 0 Å². The van der Waals surface area contributed by atoms with Crippen molar-refractivity contribution in [3.8, 4) is 28.4 Å². The summed E-state index contributed by atoms with van der Waals surface area (Å²) in [5.74, 6) is 1.27. The lowest BCUT2D eigenvalue weighted by molar-refractivity contribution is 0.178. The molecule has 1 N–H and O–H groups in total. The molecule has 6 heteroatoms. The number of rotatable bonds is 7. The van der Waals surface area contributed by atoms with Crippen LogP contribution in [0.15, 0.2) is 30.3 Å². The second-order valence-corrected chi connectivity index (χ2v) is 7.71. The minimum atomic E-state index is 0.134. The van der Waals surface area contributed by atoms with E-state index in [1.54, 1.807) is 0 Å². The first-order chi connectivity index (χ1) is 14.3. The molecule has 4 rings (SSSR count). The quantitative estimate of drug-likeness (QED) is 0.563. The second-order valence-electron chi connectivity index (χ2n) is 7.71. The van der Waals surface area contributed by atoms with Gasteiger partial charge < -0.3 is 4.74 Å². The van der Waals surface area contributed by atoms with Gasteiger partial charge in [-0.1, -0.05) is 57.0 Å². The Morgan fingerprint density at radius 3 is 2.59 bits per heavy atom. The summed E-state index contributed by atoms with van der Waals surface area (Å²) >= 11 is 0. The zero-order chi connectivity index (χ0) is 20.1. The molecule has 0 amide bonds. The van der Waals surface area contributed by atoms with Gasteiger partial charge in [0, 0.05) is 11.3 Å². The molecule has 6 nitrogen and oxygen atoms in total. The highest BCUT2D eigenvalue weighted by molar-refractivity contribution is 5.86.